The summed E-state index contributed by atoms with van der Waals surface area (Å²) in [5, 5.41) is 11.6. The van der Waals surface area contributed by atoms with E-state index in [0.29, 0.717) is 19.3 Å². The number of aliphatic hydroxyl groups excluding tert-OH is 1. The largest absolute Gasteiger partial charge is 0.462 e. The van der Waals surface area contributed by atoms with E-state index in [0.717, 1.165) is 11.9 Å². The van der Waals surface area contributed by atoms with Crippen LogP contribution < -0.4 is 0 Å². The van der Waals surface area contributed by atoms with Crippen LogP contribution in [0.15, 0.2) is 23.8 Å². The fourth-order valence-electron chi connectivity index (χ4n) is 7.24. The molecule has 0 saturated carbocycles. The number of allylic oxidation sites excluding steroid dienone is 3. The number of ketones is 1. The first-order chi connectivity index (χ1) is 21.7. The van der Waals surface area contributed by atoms with Crippen molar-refractivity contribution in [2.24, 2.45) is 35.5 Å². The molecule has 12 atom stereocenters. The van der Waals surface area contributed by atoms with Crippen molar-refractivity contribution in [2.45, 2.75) is 124 Å². The van der Waals surface area contributed by atoms with E-state index in [-0.39, 0.29) is 60.4 Å². The van der Waals surface area contributed by atoms with Gasteiger partial charge < -0.3 is 38.5 Å². The Morgan fingerprint density at radius 3 is 2.26 bits per heavy atom. The highest BCUT2D eigenvalue weighted by Crippen LogP contribution is 2.38. The van der Waals surface area contributed by atoms with Gasteiger partial charge in [0.05, 0.1) is 24.7 Å². The lowest BCUT2D eigenvalue weighted by molar-refractivity contribution is -0.280. The lowest BCUT2D eigenvalue weighted by Gasteiger charge is -2.48. The highest BCUT2D eigenvalue weighted by molar-refractivity contribution is 5.91. The van der Waals surface area contributed by atoms with E-state index in [1.807, 2.05) is 40.7 Å². The number of cyclic esters (lactones) is 1. The van der Waals surface area contributed by atoms with Crippen LogP contribution >= 0.6 is 0 Å². The Morgan fingerprint density at radius 1 is 1.04 bits per heavy atom. The molecule has 1 N–H and O–H groups in total. The maximum Gasteiger partial charge on any atom is 0.308 e. The van der Waals surface area contributed by atoms with Crippen LogP contribution in [0.5, 0.6) is 0 Å². The van der Waals surface area contributed by atoms with E-state index >= 15 is 0 Å². The van der Waals surface area contributed by atoms with E-state index < -0.39 is 42.8 Å². The van der Waals surface area contributed by atoms with Crippen LogP contribution in [0, 0.1) is 35.5 Å². The minimum atomic E-state index is -1.11. The molecule has 0 aromatic carbocycles. The van der Waals surface area contributed by atoms with Gasteiger partial charge in [0, 0.05) is 56.8 Å². The Hall–Kier alpha value is -1.95. The smallest absolute Gasteiger partial charge is 0.308 e. The quantitative estimate of drug-likeness (QED) is 0.197. The molecule has 0 spiro atoms. The summed E-state index contributed by atoms with van der Waals surface area (Å²) < 4.78 is 30.5. The number of carbonyl (C=O) groups excluding carboxylic acids is 3. The zero-order valence-corrected chi connectivity index (χ0v) is 30.0. The summed E-state index contributed by atoms with van der Waals surface area (Å²) in [6.45, 7) is 13.8. The van der Waals surface area contributed by atoms with E-state index in [9.17, 15) is 19.5 Å². The molecule has 0 unspecified atom stereocenters. The van der Waals surface area contributed by atoms with Crippen molar-refractivity contribution in [2.75, 3.05) is 28.3 Å². The molecule has 10 heteroatoms. The summed E-state index contributed by atoms with van der Waals surface area (Å²) in [4.78, 5) is 40.4. The zero-order chi connectivity index (χ0) is 34.7. The van der Waals surface area contributed by atoms with E-state index in [2.05, 4.69) is 32.8 Å². The maximum atomic E-state index is 13.5. The third-order valence-corrected chi connectivity index (χ3v) is 10.1. The Labute approximate surface area is 277 Å². The lowest BCUT2D eigenvalue weighted by Crippen LogP contribution is -2.56. The monoisotopic (exact) mass is 651 g/mol. The molecule has 264 valence electrons. The minimum Gasteiger partial charge on any atom is -0.462 e. The molecule has 0 amide bonds. The molecule has 2 aliphatic rings. The van der Waals surface area contributed by atoms with E-state index in [1.54, 1.807) is 26.4 Å². The second-order valence-electron chi connectivity index (χ2n) is 13.8. The van der Waals surface area contributed by atoms with Crippen LogP contribution in [-0.2, 0) is 38.1 Å². The molecule has 46 heavy (non-hydrogen) atoms. The standard InChI is InChI=1S/C36H61NO9/c1-12-31-27(15-16-38)17-21(2)13-14-29(39)22(3)18-28(19-33(42-10)43-11)35(24(5)30(40)20-32(41)45-31)46-36-25(6)34(37(8)9)23(4)26(7)44-36/h13-14,16-17,22-28,30-31,33-36,40H,12,15,18-20H2,1-11H3/b14-13+,21-17+/t22-,23-,24+,25-,26-,27+,28-,30-,31-,34+,35-,36+/m1/s1. The number of hydrogen-bond donors (Lipinski definition) is 1. The van der Waals surface area contributed by atoms with Crippen molar-refractivity contribution >= 4 is 18.0 Å². The van der Waals surface area contributed by atoms with Crippen LogP contribution in [0.4, 0.5) is 0 Å². The van der Waals surface area contributed by atoms with Gasteiger partial charge in [-0.2, -0.15) is 0 Å². The SMILES string of the molecule is CC[C@H]1OC(=O)C[C@@H](O)[C@H](C)[C@@H](O[C@@H]2O[C@H](C)[C@@H](C)[C@H](N(C)C)[C@H]2C)[C@@H](CC(OC)OC)C[C@@H](C)C(=O)/C=C/C(C)=C/[C@@H]1CC=O. The molecule has 2 heterocycles. The number of methoxy groups -OCH3 is 2. The van der Waals surface area contributed by atoms with Gasteiger partial charge in [-0.3, -0.25) is 9.59 Å². The molecular formula is C36H61NO9. The zero-order valence-electron chi connectivity index (χ0n) is 30.0. The minimum absolute atomic E-state index is 0.00557. The number of rotatable bonds is 10. The van der Waals surface area contributed by atoms with Crippen molar-refractivity contribution in [1.29, 1.82) is 0 Å². The molecule has 0 aromatic heterocycles. The average molecular weight is 652 g/mol. The van der Waals surface area contributed by atoms with Crippen molar-refractivity contribution in [3.05, 3.63) is 23.8 Å². The van der Waals surface area contributed by atoms with E-state index in [4.69, 9.17) is 23.7 Å². The number of aldehydes is 1. The van der Waals surface area contributed by atoms with Gasteiger partial charge in [-0.1, -0.05) is 52.3 Å². The van der Waals surface area contributed by atoms with Crippen LogP contribution in [0.1, 0.15) is 80.6 Å². The third kappa shape index (κ3) is 11.1. The summed E-state index contributed by atoms with van der Waals surface area (Å²) in [5.41, 5.74) is 0.793. The molecule has 1 saturated heterocycles. The van der Waals surface area contributed by atoms with Crippen molar-refractivity contribution in [3.8, 4) is 0 Å². The molecule has 10 nitrogen and oxygen atoms in total. The molecular weight excluding hydrogens is 590 g/mol. The molecule has 0 aromatic rings. The first-order valence-electron chi connectivity index (χ1n) is 16.9. The topological polar surface area (TPSA) is 121 Å². The number of carbonyl (C=O) groups is 3. The number of hydrogen-bond acceptors (Lipinski definition) is 10. The average Bonchev–Trinajstić information content (AvgIpc) is 3.00. The van der Waals surface area contributed by atoms with Gasteiger partial charge in [0.15, 0.2) is 18.4 Å². The Morgan fingerprint density at radius 2 is 1.70 bits per heavy atom. The fraction of sp³-hybridized carbons (Fsp3) is 0.806. The van der Waals surface area contributed by atoms with Crippen LogP contribution in [0.3, 0.4) is 0 Å². The van der Waals surface area contributed by atoms with Gasteiger partial charge >= 0.3 is 5.97 Å². The number of esters is 1. The van der Waals surface area contributed by atoms with Gasteiger partial charge in [0.2, 0.25) is 0 Å². The first kappa shape index (κ1) is 40.2. The van der Waals surface area contributed by atoms with Crippen LogP contribution in [0.2, 0.25) is 0 Å². The van der Waals surface area contributed by atoms with Gasteiger partial charge in [-0.05, 0) is 58.7 Å². The van der Waals surface area contributed by atoms with Gasteiger partial charge in [-0.15, -0.1) is 0 Å². The van der Waals surface area contributed by atoms with Gasteiger partial charge in [0.1, 0.15) is 12.4 Å². The molecule has 1 fully saturated rings. The number of ether oxygens (including phenoxy) is 5. The summed E-state index contributed by atoms with van der Waals surface area (Å²) >= 11 is 0. The predicted octanol–water partition coefficient (Wildman–Crippen LogP) is 4.97. The van der Waals surface area contributed by atoms with Crippen molar-refractivity contribution < 1.29 is 43.2 Å². The number of aliphatic hydroxyl groups is 1. The third-order valence-electron chi connectivity index (χ3n) is 10.1. The molecule has 0 radical (unpaired) electrons. The molecule has 2 rings (SSSR count). The summed E-state index contributed by atoms with van der Waals surface area (Å²) in [6.07, 6.45) is 3.71. The summed E-state index contributed by atoms with van der Waals surface area (Å²) in [5.74, 6) is -1.92. The molecule has 2 aliphatic heterocycles. The number of nitrogens with zero attached hydrogens (tertiary/aromatic N) is 1. The summed E-state index contributed by atoms with van der Waals surface area (Å²) in [6, 6.07) is 0.187. The van der Waals surface area contributed by atoms with Gasteiger partial charge in [-0.25, -0.2) is 0 Å². The van der Waals surface area contributed by atoms with Gasteiger partial charge in [0.25, 0.3) is 0 Å². The highest BCUT2D eigenvalue weighted by atomic mass is 16.7. The van der Waals surface area contributed by atoms with Crippen molar-refractivity contribution in [3.63, 3.8) is 0 Å². The normalized spacial score (nSPS) is 39.1. The lowest BCUT2D eigenvalue weighted by atomic mass is 9.79. The predicted molar refractivity (Wildman–Crippen MR) is 177 cm³/mol. The maximum absolute atomic E-state index is 13.5. The van der Waals surface area contributed by atoms with E-state index in [1.165, 1.54) is 0 Å². The highest BCUT2D eigenvalue weighted by Gasteiger charge is 2.45. The molecule has 0 bridgehead atoms. The summed E-state index contributed by atoms with van der Waals surface area (Å²) in [7, 11) is 7.25. The van der Waals surface area contributed by atoms with Crippen LogP contribution in [-0.4, -0.2) is 99.4 Å². The van der Waals surface area contributed by atoms with Crippen molar-refractivity contribution in [1.82, 2.24) is 4.90 Å². The van der Waals surface area contributed by atoms with Crippen LogP contribution in [0.25, 0.3) is 0 Å². The Bertz CT molecular complexity index is 1020. The Kier molecular flexibility index (Phi) is 16.7. The first-order valence-corrected chi connectivity index (χ1v) is 16.9. The molecule has 0 aliphatic carbocycles. The Balaban J connectivity index is 2.62. The second-order valence-corrected chi connectivity index (χ2v) is 13.8. The fourth-order valence-corrected chi connectivity index (χ4v) is 7.24. The second kappa shape index (κ2) is 19.1.